The second kappa shape index (κ2) is 73.2. The number of hydrogen-bond acceptors (Lipinski definition) is 16. The molecule has 608 valence electrons. The predicted molar refractivity (Wildman–Crippen MR) is 417 cm³/mol. The van der Waals surface area contributed by atoms with Gasteiger partial charge in [0.05, 0.1) is 55.5 Å². The lowest BCUT2D eigenvalue weighted by molar-refractivity contribution is -0.870. The predicted octanol–water partition coefficient (Wildman–Crippen LogP) is 22.0. The summed E-state index contributed by atoms with van der Waals surface area (Å²) in [5.74, 6) is -1.64. The van der Waals surface area contributed by atoms with Gasteiger partial charge in [0.1, 0.15) is 39.5 Å². The Bertz CT molecular complexity index is 1970. The highest BCUT2D eigenvalue weighted by atomic mass is 31.2. The molecule has 0 N–H and O–H groups in total. The summed E-state index contributed by atoms with van der Waals surface area (Å²) < 4.78 is 67.7. The van der Waals surface area contributed by atoms with Crippen molar-refractivity contribution in [2.45, 2.75) is 412 Å². The highest BCUT2D eigenvalue weighted by Crippen LogP contribution is 2.39. The molecule has 0 bridgehead atoms. The molecule has 0 aliphatic rings. The molecule has 18 nitrogen and oxygen atoms in total. The third-order valence-electron chi connectivity index (χ3n) is 18.8. The number of nitrogens with zero attached hydrogens (tertiary/aromatic N) is 2. The first-order valence-corrected chi connectivity index (χ1v) is 45.4. The summed E-state index contributed by atoms with van der Waals surface area (Å²) in [4.78, 5) is 74.8. The molecule has 0 aromatic heterocycles. The summed E-state index contributed by atoms with van der Waals surface area (Å²) in [5.41, 5.74) is 0. The Balaban J connectivity index is 0. The minimum absolute atomic E-state index is 0.0258. The van der Waals surface area contributed by atoms with Gasteiger partial charge in [-0.2, -0.15) is 0 Å². The average Bonchev–Trinajstić information content (AvgIpc) is 0.934. The van der Waals surface area contributed by atoms with Crippen molar-refractivity contribution in [2.24, 2.45) is 0 Å². The Labute approximate surface area is 627 Å². The van der Waals surface area contributed by atoms with Gasteiger partial charge in [-0.15, -0.1) is 0 Å². The fourth-order valence-electron chi connectivity index (χ4n) is 12.0. The summed E-state index contributed by atoms with van der Waals surface area (Å²) in [7, 11) is 2.36. The van der Waals surface area contributed by atoms with Crippen molar-refractivity contribution in [1.29, 1.82) is 0 Å². The van der Waals surface area contributed by atoms with Crippen LogP contribution >= 0.6 is 15.6 Å². The van der Waals surface area contributed by atoms with Gasteiger partial charge in [0.25, 0.3) is 15.6 Å². The van der Waals surface area contributed by atoms with Gasteiger partial charge in [-0.1, -0.05) is 349 Å². The maximum Gasteiger partial charge on any atom is 0.306 e. The Kier molecular flexibility index (Phi) is 73.2. The molecule has 0 aromatic carbocycles. The van der Waals surface area contributed by atoms with E-state index in [0.29, 0.717) is 34.9 Å². The van der Waals surface area contributed by atoms with E-state index in [1.807, 2.05) is 42.3 Å². The summed E-state index contributed by atoms with van der Waals surface area (Å²) >= 11 is 0. The number of carbonyl (C=O) groups is 4. The van der Waals surface area contributed by atoms with Crippen LogP contribution in [0.25, 0.3) is 0 Å². The van der Waals surface area contributed by atoms with E-state index in [1.165, 1.54) is 270 Å². The van der Waals surface area contributed by atoms with Crippen LogP contribution in [-0.2, 0) is 65.4 Å². The maximum absolute atomic E-state index is 12.6. The van der Waals surface area contributed by atoms with Crippen molar-refractivity contribution in [1.82, 2.24) is 0 Å². The number of esters is 4. The van der Waals surface area contributed by atoms with Crippen LogP contribution in [0.15, 0.2) is 0 Å². The number of quaternary nitrogens is 2. The highest BCUT2D eigenvalue weighted by Gasteiger charge is 2.24. The van der Waals surface area contributed by atoms with Gasteiger partial charge < -0.3 is 55.8 Å². The third-order valence-corrected chi connectivity index (χ3v) is 20.7. The number of carbonyl (C=O) groups excluding carboxylic acids is 4. The minimum atomic E-state index is -4.61. The monoisotopic (exact) mass is 1500 g/mol. The molecule has 102 heavy (non-hydrogen) atoms. The number of phosphoric ester groups is 2. The number of unbranched alkanes of at least 4 members (excludes halogenated alkanes) is 50. The first-order valence-electron chi connectivity index (χ1n) is 42.5. The normalized spacial score (nSPS) is 13.6. The quantitative estimate of drug-likeness (QED) is 0.0181. The van der Waals surface area contributed by atoms with Crippen molar-refractivity contribution in [3.63, 3.8) is 0 Å². The molecule has 0 fully saturated rings. The van der Waals surface area contributed by atoms with Crippen molar-refractivity contribution in [3.8, 4) is 0 Å². The SMILES string of the molecule is CCCCCCCCCCCCCCCCC(=O)OCC(COP(=O)([O-])OCC[N+](C)(C)C)OC(=O)CCCCCCCCCCCCCCC.CCCCCCCCCCCCCCCCCC(=O)OCC(COP(=O)([O-])OCC[N+](C)(C)C)OC(=O)CCCCCCCCCCCCCC. The second-order valence-corrected chi connectivity index (χ2v) is 34.3. The maximum atomic E-state index is 12.6. The van der Waals surface area contributed by atoms with Crippen molar-refractivity contribution >= 4 is 39.5 Å². The molecule has 0 radical (unpaired) electrons. The number of rotatable bonds is 78. The Morgan fingerprint density at radius 1 is 0.265 bits per heavy atom. The van der Waals surface area contributed by atoms with Gasteiger partial charge >= 0.3 is 23.9 Å². The molecule has 0 rings (SSSR count). The highest BCUT2D eigenvalue weighted by molar-refractivity contribution is 7.46. The Morgan fingerprint density at radius 2 is 0.441 bits per heavy atom. The Morgan fingerprint density at radius 3 is 0.627 bits per heavy atom. The Hall–Kier alpha value is -1.98. The van der Waals surface area contributed by atoms with E-state index in [1.54, 1.807) is 0 Å². The summed E-state index contributed by atoms with van der Waals surface area (Å²) in [6, 6.07) is 0. The van der Waals surface area contributed by atoms with Crippen LogP contribution in [0.3, 0.4) is 0 Å². The first kappa shape index (κ1) is 102. The van der Waals surface area contributed by atoms with Gasteiger partial charge in [0.15, 0.2) is 12.2 Å². The molecule has 0 aliphatic heterocycles. The molecule has 20 heteroatoms. The number of ether oxygens (including phenoxy) is 4. The number of likely N-dealkylation sites (N-methyl/N-ethyl adjacent to an activating group) is 2. The second-order valence-electron chi connectivity index (χ2n) is 31.4. The van der Waals surface area contributed by atoms with Crippen LogP contribution in [0.1, 0.15) is 400 Å². The minimum Gasteiger partial charge on any atom is -0.756 e. The van der Waals surface area contributed by atoms with Crippen LogP contribution in [0, 0.1) is 0 Å². The first-order chi connectivity index (χ1) is 49.0. The van der Waals surface area contributed by atoms with E-state index in [4.69, 9.17) is 37.0 Å². The summed E-state index contributed by atoms with van der Waals surface area (Å²) in [5, 5.41) is 0. The number of phosphoric acid groups is 2. The third kappa shape index (κ3) is 82.1. The van der Waals surface area contributed by atoms with Gasteiger partial charge in [-0.05, 0) is 25.7 Å². The summed E-state index contributed by atoms with van der Waals surface area (Å²) in [6.07, 6.45) is 65.2. The lowest BCUT2D eigenvalue weighted by atomic mass is 10.0. The van der Waals surface area contributed by atoms with Gasteiger partial charge in [0.2, 0.25) is 0 Å². The van der Waals surface area contributed by atoms with E-state index in [2.05, 4.69) is 27.7 Å². The fourth-order valence-corrected chi connectivity index (χ4v) is 13.5. The zero-order chi connectivity index (χ0) is 75.8. The molecule has 0 saturated carbocycles. The molecule has 4 atom stereocenters. The van der Waals surface area contributed by atoms with Gasteiger partial charge in [-0.25, -0.2) is 0 Å². The molecular formula is C82H164N2O16P2. The molecular weight excluding hydrogens is 1330 g/mol. The molecule has 4 unspecified atom stereocenters. The fraction of sp³-hybridized carbons (Fsp3) is 0.951. The van der Waals surface area contributed by atoms with Crippen LogP contribution < -0.4 is 9.79 Å². The van der Waals surface area contributed by atoms with Gasteiger partial charge in [0, 0.05) is 25.7 Å². The van der Waals surface area contributed by atoms with E-state index in [9.17, 15) is 38.1 Å². The smallest absolute Gasteiger partial charge is 0.306 e. The average molecular weight is 1500 g/mol. The summed E-state index contributed by atoms with van der Waals surface area (Å²) in [6.45, 7) is 8.49. The topological polar surface area (TPSA) is 222 Å². The van der Waals surface area contributed by atoms with Crippen molar-refractivity contribution < 1.29 is 84.1 Å². The van der Waals surface area contributed by atoms with E-state index >= 15 is 0 Å². The van der Waals surface area contributed by atoms with Crippen LogP contribution in [0.4, 0.5) is 0 Å². The molecule has 0 aliphatic carbocycles. The lowest BCUT2D eigenvalue weighted by Gasteiger charge is -2.28. The zero-order valence-corrected chi connectivity index (χ0v) is 69.9. The van der Waals surface area contributed by atoms with E-state index in [0.717, 1.165) is 64.2 Å². The number of hydrogen-bond donors (Lipinski definition) is 0. The molecule has 0 heterocycles. The van der Waals surface area contributed by atoms with Crippen LogP contribution in [-0.4, -0.2) is 140 Å². The van der Waals surface area contributed by atoms with Crippen molar-refractivity contribution in [3.05, 3.63) is 0 Å². The van der Waals surface area contributed by atoms with Crippen LogP contribution in [0.2, 0.25) is 0 Å². The van der Waals surface area contributed by atoms with Crippen molar-refractivity contribution in [2.75, 3.05) is 95.0 Å². The van der Waals surface area contributed by atoms with E-state index in [-0.39, 0.29) is 64.0 Å². The molecule has 0 saturated heterocycles. The standard InChI is InChI=1S/2C41H82NO8P/c1-6-8-10-12-14-16-18-20-21-22-24-25-27-29-31-33-40(43)47-37-39(38-49-51(45,46)48-36-35-42(3,4)5)50-41(44)34-32-30-28-26-23-19-17-15-13-11-9-7-2;1-6-8-10-12-14-16-18-20-22-23-25-27-29-31-33-40(43)47-37-39(38-49-51(45,46)48-36-35-42(3,4)5)50-41(44)34-32-30-28-26-24-21-19-17-15-13-11-9-7-2/h2*39H,6-38H2,1-5H3. The zero-order valence-electron chi connectivity index (χ0n) is 68.1. The molecule has 0 amide bonds. The van der Waals surface area contributed by atoms with Crippen LogP contribution in [0.5, 0.6) is 0 Å². The van der Waals surface area contributed by atoms with E-state index < -0.39 is 53.0 Å². The van der Waals surface area contributed by atoms with Gasteiger partial charge in [-0.3, -0.25) is 28.3 Å². The molecule has 0 spiro atoms. The lowest BCUT2D eigenvalue weighted by Crippen LogP contribution is -2.37. The molecule has 0 aromatic rings. The largest absolute Gasteiger partial charge is 0.756 e.